The van der Waals surface area contributed by atoms with Gasteiger partial charge in [-0.2, -0.15) is 0 Å². The third kappa shape index (κ3) is 8.49. The van der Waals surface area contributed by atoms with Crippen molar-refractivity contribution in [1.82, 2.24) is 10.2 Å². The molecule has 1 heterocycles. The van der Waals surface area contributed by atoms with E-state index in [1.807, 2.05) is 36.4 Å². The Morgan fingerprint density at radius 3 is 2.33 bits per heavy atom. The summed E-state index contributed by atoms with van der Waals surface area (Å²) in [6, 6.07) is 20.6. The van der Waals surface area contributed by atoms with Crippen molar-refractivity contribution in [3.8, 4) is 11.5 Å². The number of ether oxygens (including phenoxy) is 2. The molecule has 0 unspecified atom stereocenters. The molecule has 9 nitrogen and oxygen atoms in total. The van der Waals surface area contributed by atoms with Crippen molar-refractivity contribution in [1.29, 1.82) is 0 Å². The van der Waals surface area contributed by atoms with Gasteiger partial charge in [0, 0.05) is 30.1 Å². The second-order valence-corrected chi connectivity index (χ2v) is 14.1. The van der Waals surface area contributed by atoms with Gasteiger partial charge in [0.25, 0.3) is 0 Å². The van der Waals surface area contributed by atoms with Gasteiger partial charge in [-0.15, -0.1) is 0 Å². The summed E-state index contributed by atoms with van der Waals surface area (Å²) in [6.45, 7) is 1.82. The van der Waals surface area contributed by atoms with E-state index in [9.17, 15) is 18.0 Å². The van der Waals surface area contributed by atoms with Crippen LogP contribution in [0, 0.1) is 0 Å². The van der Waals surface area contributed by atoms with Gasteiger partial charge < -0.3 is 19.7 Å². The smallest absolute Gasteiger partial charge is 0.244 e. The minimum absolute atomic E-state index is 0.0299. The summed E-state index contributed by atoms with van der Waals surface area (Å²) in [6.07, 6.45) is 5.26. The Morgan fingerprint density at radius 2 is 1.62 bits per heavy atom. The quantitative estimate of drug-likeness (QED) is 0.282. The zero-order valence-electron chi connectivity index (χ0n) is 25.5. The Hall–Kier alpha value is -3.76. The molecule has 1 aliphatic carbocycles. The molecule has 2 amide bonds. The lowest BCUT2D eigenvalue weighted by Crippen LogP contribution is -2.55. The van der Waals surface area contributed by atoms with Crippen LogP contribution < -0.4 is 19.1 Å². The molecule has 0 radical (unpaired) electrons. The van der Waals surface area contributed by atoms with Gasteiger partial charge in [0.05, 0.1) is 11.4 Å². The van der Waals surface area contributed by atoms with Gasteiger partial charge in [0.1, 0.15) is 25.8 Å². The SMILES string of the molecule is CCS(=O)(=O)N(CC(=O)N(Cc1cccc(Cl)c1)[C@H](Cc1ccccc1)C(=O)NC1CCCCC1)c1ccc2c(c1)OCCO2. The first-order chi connectivity index (χ1) is 21.7. The van der Waals surface area contributed by atoms with Gasteiger partial charge in [0.2, 0.25) is 21.8 Å². The molecule has 3 aromatic rings. The maximum Gasteiger partial charge on any atom is 0.244 e. The molecular weight excluding hydrogens is 614 g/mol. The minimum Gasteiger partial charge on any atom is -0.486 e. The molecule has 240 valence electrons. The molecule has 11 heteroatoms. The summed E-state index contributed by atoms with van der Waals surface area (Å²) >= 11 is 6.32. The summed E-state index contributed by atoms with van der Waals surface area (Å²) in [5.74, 6) is -0.0762. The maximum absolute atomic E-state index is 14.4. The molecule has 1 saturated carbocycles. The molecule has 5 rings (SSSR count). The first kappa shape index (κ1) is 32.6. The van der Waals surface area contributed by atoms with E-state index in [1.54, 1.807) is 36.4 Å². The predicted octanol–water partition coefficient (Wildman–Crippen LogP) is 5.36. The van der Waals surface area contributed by atoms with Crippen LogP contribution in [0.5, 0.6) is 11.5 Å². The van der Waals surface area contributed by atoms with Crippen molar-refractivity contribution in [3.63, 3.8) is 0 Å². The largest absolute Gasteiger partial charge is 0.486 e. The van der Waals surface area contributed by atoms with E-state index in [0.29, 0.717) is 29.7 Å². The van der Waals surface area contributed by atoms with Gasteiger partial charge in [0.15, 0.2) is 11.5 Å². The molecule has 1 aliphatic heterocycles. The summed E-state index contributed by atoms with van der Waals surface area (Å²) in [4.78, 5) is 30.0. The van der Waals surface area contributed by atoms with Crippen LogP contribution in [-0.4, -0.2) is 62.7 Å². The molecule has 3 aromatic carbocycles. The lowest BCUT2D eigenvalue weighted by molar-refractivity contribution is -0.140. The van der Waals surface area contributed by atoms with Gasteiger partial charge in [-0.3, -0.25) is 13.9 Å². The molecule has 0 spiro atoms. The first-order valence-corrected chi connectivity index (χ1v) is 17.5. The summed E-state index contributed by atoms with van der Waals surface area (Å²) in [5.41, 5.74) is 1.89. The van der Waals surface area contributed by atoms with Crippen LogP contribution in [0.2, 0.25) is 5.02 Å². The van der Waals surface area contributed by atoms with E-state index in [-0.39, 0.29) is 36.4 Å². The van der Waals surface area contributed by atoms with Gasteiger partial charge in [-0.05, 0) is 55.2 Å². The van der Waals surface area contributed by atoms with Crippen LogP contribution in [0.25, 0.3) is 0 Å². The van der Waals surface area contributed by atoms with Crippen LogP contribution in [0.1, 0.15) is 50.2 Å². The predicted molar refractivity (Wildman–Crippen MR) is 175 cm³/mol. The Bertz CT molecular complexity index is 1580. The number of hydrogen-bond donors (Lipinski definition) is 1. The third-order valence-corrected chi connectivity index (χ3v) is 10.2. The Kier molecular flexibility index (Phi) is 10.9. The number of halogens is 1. The van der Waals surface area contributed by atoms with Crippen LogP contribution >= 0.6 is 11.6 Å². The number of amides is 2. The minimum atomic E-state index is -3.91. The Balaban J connectivity index is 1.52. The van der Waals surface area contributed by atoms with E-state index in [1.165, 1.54) is 11.8 Å². The average Bonchev–Trinajstić information content (AvgIpc) is 3.05. The average molecular weight is 654 g/mol. The molecular formula is C34H40ClN3O6S. The summed E-state index contributed by atoms with van der Waals surface area (Å²) in [5, 5.41) is 3.71. The zero-order valence-corrected chi connectivity index (χ0v) is 27.1. The molecule has 1 N–H and O–H groups in total. The van der Waals surface area contributed by atoms with Crippen molar-refractivity contribution in [2.45, 2.75) is 64.1 Å². The molecule has 1 atom stereocenters. The number of carbonyl (C=O) groups is 2. The lowest BCUT2D eigenvalue weighted by Gasteiger charge is -2.35. The molecule has 0 aromatic heterocycles. The van der Waals surface area contributed by atoms with Crippen molar-refractivity contribution in [2.24, 2.45) is 0 Å². The Labute approximate surface area is 270 Å². The van der Waals surface area contributed by atoms with Crippen molar-refractivity contribution < 1.29 is 27.5 Å². The number of nitrogens with zero attached hydrogens (tertiary/aromatic N) is 2. The van der Waals surface area contributed by atoms with E-state index < -0.39 is 28.5 Å². The topological polar surface area (TPSA) is 105 Å². The number of anilines is 1. The summed E-state index contributed by atoms with van der Waals surface area (Å²) < 4.78 is 39.4. The van der Waals surface area contributed by atoms with Crippen LogP contribution in [0.15, 0.2) is 72.8 Å². The van der Waals surface area contributed by atoms with Gasteiger partial charge >= 0.3 is 0 Å². The fourth-order valence-corrected chi connectivity index (χ4v) is 7.10. The molecule has 2 aliphatic rings. The highest BCUT2D eigenvalue weighted by atomic mass is 35.5. The zero-order chi connectivity index (χ0) is 31.8. The number of carbonyl (C=O) groups excluding carboxylic acids is 2. The van der Waals surface area contributed by atoms with E-state index in [4.69, 9.17) is 21.1 Å². The van der Waals surface area contributed by atoms with Crippen molar-refractivity contribution in [3.05, 3.63) is 88.9 Å². The molecule has 0 bridgehead atoms. The normalized spacial score (nSPS) is 15.6. The second kappa shape index (κ2) is 15.0. The number of benzene rings is 3. The third-order valence-electron chi connectivity index (χ3n) is 8.26. The maximum atomic E-state index is 14.4. The molecule has 45 heavy (non-hydrogen) atoms. The number of nitrogens with one attached hydrogen (secondary N) is 1. The standard InChI is InChI=1S/C34H40ClN3O6S/c1-2-45(41,42)38(29-16-17-31-32(22-29)44-19-18-43-31)24-33(39)37(23-26-12-9-13-27(35)20-26)30(21-25-10-5-3-6-11-25)34(40)36-28-14-7-4-8-15-28/h3,5-6,9-13,16-17,20,22,28,30H,2,4,7-8,14-15,18-19,21,23-24H2,1H3,(H,36,40)/t30-/m1/s1. The van der Waals surface area contributed by atoms with E-state index >= 15 is 0 Å². The van der Waals surface area contributed by atoms with Gasteiger partial charge in [-0.1, -0.05) is 73.3 Å². The lowest BCUT2D eigenvalue weighted by atomic mass is 9.94. The highest BCUT2D eigenvalue weighted by molar-refractivity contribution is 7.92. The number of hydrogen-bond acceptors (Lipinski definition) is 6. The van der Waals surface area contributed by atoms with Crippen LogP contribution in [0.3, 0.4) is 0 Å². The second-order valence-electron chi connectivity index (χ2n) is 11.4. The highest BCUT2D eigenvalue weighted by Crippen LogP contribution is 2.35. The summed E-state index contributed by atoms with van der Waals surface area (Å²) in [7, 11) is -3.91. The fourth-order valence-electron chi connectivity index (χ4n) is 5.84. The fraction of sp³-hybridized carbons (Fsp3) is 0.412. The highest BCUT2D eigenvalue weighted by Gasteiger charge is 2.35. The molecule has 0 saturated heterocycles. The number of sulfonamides is 1. The first-order valence-electron chi connectivity index (χ1n) is 15.5. The van der Waals surface area contributed by atoms with Crippen molar-refractivity contribution in [2.75, 3.05) is 29.8 Å². The van der Waals surface area contributed by atoms with E-state index in [2.05, 4.69) is 5.32 Å². The van der Waals surface area contributed by atoms with Crippen molar-refractivity contribution >= 4 is 39.1 Å². The number of fused-ring (bicyclic) bond motifs is 1. The van der Waals surface area contributed by atoms with Crippen LogP contribution in [-0.2, 0) is 32.6 Å². The monoisotopic (exact) mass is 653 g/mol. The number of rotatable bonds is 12. The molecule has 1 fully saturated rings. The Morgan fingerprint density at radius 1 is 0.911 bits per heavy atom. The van der Waals surface area contributed by atoms with Crippen LogP contribution in [0.4, 0.5) is 5.69 Å². The van der Waals surface area contributed by atoms with Gasteiger partial charge in [-0.25, -0.2) is 8.42 Å². The van der Waals surface area contributed by atoms with E-state index in [0.717, 1.165) is 47.5 Å².